The van der Waals surface area contributed by atoms with Crippen LogP contribution in [0.2, 0.25) is 0 Å². The summed E-state index contributed by atoms with van der Waals surface area (Å²) in [6.07, 6.45) is 1.07. The van der Waals surface area contributed by atoms with Crippen molar-refractivity contribution < 1.29 is 14.3 Å². The first-order valence-electron chi connectivity index (χ1n) is 9.11. The standard InChI is InChI=1S/C19H21N5O3S2/c1-3-12-5-7-13(8-6-12)17-22-19(24-23-17)29-11-15(25)21-18-20-14(10-28-18)9-16(26)27-4-2/h5-8,10H,3-4,9,11H2,1-2H3,(H,20,21,25)(H,22,23,24). The third kappa shape index (κ3) is 6.13. The number of nitrogens with one attached hydrogen (secondary N) is 2. The zero-order valence-electron chi connectivity index (χ0n) is 16.1. The van der Waals surface area contributed by atoms with E-state index in [0.29, 0.717) is 28.4 Å². The maximum Gasteiger partial charge on any atom is 0.311 e. The summed E-state index contributed by atoms with van der Waals surface area (Å²) in [5, 5.41) is 12.4. The molecule has 0 aliphatic carbocycles. The maximum absolute atomic E-state index is 12.1. The fourth-order valence-electron chi connectivity index (χ4n) is 2.43. The molecule has 0 saturated carbocycles. The summed E-state index contributed by atoms with van der Waals surface area (Å²) in [5.74, 6) is 0.263. The van der Waals surface area contributed by atoms with Crippen molar-refractivity contribution in [2.75, 3.05) is 17.7 Å². The van der Waals surface area contributed by atoms with E-state index in [-0.39, 0.29) is 24.1 Å². The van der Waals surface area contributed by atoms with E-state index in [9.17, 15) is 9.59 Å². The number of esters is 1. The molecule has 152 valence electrons. The van der Waals surface area contributed by atoms with E-state index in [0.717, 1.165) is 12.0 Å². The van der Waals surface area contributed by atoms with Gasteiger partial charge in [0.2, 0.25) is 11.1 Å². The van der Waals surface area contributed by atoms with Crippen molar-refractivity contribution >= 4 is 40.1 Å². The molecular weight excluding hydrogens is 410 g/mol. The Morgan fingerprint density at radius 2 is 2.00 bits per heavy atom. The van der Waals surface area contributed by atoms with Crippen LogP contribution in [0.4, 0.5) is 5.13 Å². The fourth-order valence-corrected chi connectivity index (χ4v) is 3.75. The number of hydrogen-bond donors (Lipinski definition) is 2. The first kappa shape index (κ1) is 21.0. The van der Waals surface area contributed by atoms with Gasteiger partial charge < -0.3 is 10.1 Å². The SMILES string of the molecule is CCOC(=O)Cc1csc(NC(=O)CSc2n[nH]c(-c3ccc(CC)cc3)n2)n1. The maximum atomic E-state index is 12.1. The second-order valence-electron chi connectivity index (χ2n) is 5.98. The normalized spacial score (nSPS) is 10.7. The number of benzene rings is 1. The number of rotatable bonds is 9. The van der Waals surface area contributed by atoms with Gasteiger partial charge in [0.25, 0.3) is 0 Å². The van der Waals surface area contributed by atoms with Crippen LogP contribution in [0.5, 0.6) is 0 Å². The van der Waals surface area contributed by atoms with E-state index >= 15 is 0 Å². The monoisotopic (exact) mass is 431 g/mol. The van der Waals surface area contributed by atoms with Crippen molar-refractivity contribution in [2.24, 2.45) is 0 Å². The predicted molar refractivity (Wildman–Crippen MR) is 113 cm³/mol. The molecule has 0 spiro atoms. The first-order chi connectivity index (χ1) is 14.1. The highest BCUT2D eigenvalue weighted by molar-refractivity contribution is 7.99. The van der Waals surface area contributed by atoms with Gasteiger partial charge in [-0.15, -0.1) is 16.4 Å². The second kappa shape index (κ2) is 10.2. The lowest BCUT2D eigenvalue weighted by atomic mass is 10.1. The van der Waals surface area contributed by atoms with E-state index in [1.165, 1.54) is 28.7 Å². The molecule has 2 aromatic heterocycles. The first-order valence-corrected chi connectivity index (χ1v) is 11.0. The van der Waals surface area contributed by atoms with Crippen molar-refractivity contribution in [3.63, 3.8) is 0 Å². The number of thioether (sulfide) groups is 1. The number of hydrogen-bond acceptors (Lipinski definition) is 8. The van der Waals surface area contributed by atoms with Crippen LogP contribution in [0.15, 0.2) is 34.8 Å². The topological polar surface area (TPSA) is 110 Å². The number of anilines is 1. The van der Waals surface area contributed by atoms with E-state index in [1.54, 1.807) is 12.3 Å². The molecule has 0 aliphatic rings. The molecular formula is C19H21N5O3S2. The van der Waals surface area contributed by atoms with Crippen molar-refractivity contribution in [1.82, 2.24) is 20.2 Å². The number of carbonyl (C=O) groups excluding carboxylic acids is 2. The van der Waals surface area contributed by atoms with E-state index < -0.39 is 0 Å². The number of aromatic amines is 1. The Kier molecular flexibility index (Phi) is 7.36. The van der Waals surface area contributed by atoms with Crippen LogP contribution >= 0.6 is 23.1 Å². The summed E-state index contributed by atoms with van der Waals surface area (Å²) < 4.78 is 4.89. The smallest absolute Gasteiger partial charge is 0.311 e. The molecule has 0 atom stereocenters. The Labute approximate surface area is 176 Å². The summed E-state index contributed by atoms with van der Waals surface area (Å²) in [4.78, 5) is 32.3. The van der Waals surface area contributed by atoms with Crippen LogP contribution in [0, 0.1) is 0 Å². The molecule has 8 nitrogen and oxygen atoms in total. The number of nitrogens with zero attached hydrogens (tertiary/aromatic N) is 3. The minimum atomic E-state index is -0.337. The van der Waals surface area contributed by atoms with Gasteiger partial charge in [-0.2, -0.15) is 0 Å². The number of amides is 1. The summed E-state index contributed by atoms with van der Waals surface area (Å²) in [6.45, 7) is 4.19. The molecule has 0 bridgehead atoms. The summed E-state index contributed by atoms with van der Waals surface area (Å²) >= 11 is 2.50. The van der Waals surface area contributed by atoms with Gasteiger partial charge in [0, 0.05) is 10.9 Å². The fraction of sp³-hybridized carbons (Fsp3) is 0.316. The van der Waals surface area contributed by atoms with Crippen molar-refractivity contribution in [3.8, 4) is 11.4 Å². The van der Waals surface area contributed by atoms with E-state index in [1.807, 2.05) is 12.1 Å². The molecule has 10 heteroatoms. The highest BCUT2D eigenvalue weighted by Crippen LogP contribution is 2.21. The van der Waals surface area contributed by atoms with Crippen LogP contribution in [-0.2, 0) is 27.2 Å². The molecule has 0 fully saturated rings. The van der Waals surface area contributed by atoms with Gasteiger partial charge in [0.05, 0.1) is 24.5 Å². The van der Waals surface area contributed by atoms with Crippen molar-refractivity contribution in [3.05, 3.63) is 40.9 Å². The lowest BCUT2D eigenvalue weighted by Crippen LogP contribution is -2.14. The van der Waals surface area contributed by atoms with E-state index in [4.69, 9.17) is 4.74 Å². The molecule has 0 aliphatic heterocycles. The highest BCUT2D eigenvalue weighted by Gasteiger charge is 2.12. The molecule has 29 heavy (non-hydrogen) atoms. The van der Waals surface area contributed by atoms with Gasteiger partial charge in [-0.05, 0) is 18.9 Å². The van der Waals surface area contributed by atoms with Crippen LogP contribution in [-0.4, -0.2) is 44.4 Å². The molecule has 3 rings (SSSR count). The molecule has 0 radical (unpaired) electrons. The van der Waals surface area contributed by atoms with Gasteiger partial charge in [0.15, 0.2) is 11.0 Å². The Bertz CT molecular complexity index is 968. The second-order valence-corrected chi connectivity index (χ2v) is 7.78. The van der Waals surface area contributed by atoms with Crippen LogP contribution in [0.1, 0.15) is 25.1 Å². The minimum absolute atomic E-state index is 0.0914. The average Bonchev–Trinajstić information content (AvgIpc) is 3.36. The van der Waals surface area contributed by atoms with Gasteiger partial charge in [0.1, 0.15) is 0 Å². The number of H-pyrrole nitrogens is 1. The number of carbonyl (C=O) groups is 2. The summed E-state index contributed by atoms with van der Waals surface area (Å²) in [5.41, 5.74) is 2.78. The molecule has 1 aromatic carbocycles. The molecule has 2 N–H and O–H groups in total. The molecule has 3 aromatic rings. The lowest BCUT2D eigenvalue weighted by Gasteiger charge is -2.00. The number of ether oxygens (including phenoxy) is 1. The Morgan fingerprint density at radius 3 is 2.72 bits per heavy atom. The number of aromatic nitrogens is 4. The van der Waals surface area contributed by atoms with Crippen LogP contribution < -0.4 is 5.32 Å². The third-order valence-electron chi connectivity index (χ3n) is 3.86. The number of aryl methyl sites for hydroxylation is 1. The van der Waals surface area contributed by atoms with E-state index in [2.05, 4.69) is 44.5 Å². The Morgan fingerprint density at radius 1 is 1.21 bits per heavy atom. The molecule has 1 amide bonds. The lowest BCUT2D eigenvalue weighted by molar-refractivity contribution is -0.142. The highest BCUT2D eigenvalue weighted by atomic mass is 32.2. The van der Waals surface area contributed by atoms with Crippen LogP contribution in [0.3, 0.4) is 0 Å². The Hall–Kier alpha value is -2.72. The largest absolute Gasteiger partial charge is 0.466 e. The average molecular weight is 432 g/mol. The third-order valence-corrected chi connectivity index (χ3v) is 5.52. The quantitative estimate of drug-likeness (QED) is 0.395. The van der Waals surface area contributed by atoms with Gasteiger partial charge >= 0.3 is 5.97 Å². The van der Waals surface area contributed by atoms with Gasteiger partial charge in [-0.3, -0.25) is 14.7 Å². The zero-order valence-corrected chi connectivity index (χ0v) is 17.7. The van der Waals surface area contributed by atoms with Gasteiger partial charge in [-0.25, -0.2) is 9.97 Å². The van der Waals surface area contributed by atoms with Crippen LogP contribution in [0.25, 0.3) is 11.4 Å². The molecule has 0 unspecified atom stereocenters. The zero-order chi connectivity index (χ0) is 20.6. The van der Waals surface area contributed by atoms with Crippen molar-refractivity contribution in [2.45, 2.75) is 31.8 Å². The predicted octanol–water partition coefficient (Wildman–Crippen LogP) is 3.33. The molecule has 2 heterocycles. The number of thiazole rings is 1. The summed E-state index contributed by atoms with van der Waals surface area (Å²) in [6, 6.07) is 8.11. The Balaban J connectivity index is 1.49. The summed E-state index contributed by atoms with van der Waals surface area (Å²) in [7, 11) is 0. The van der Waals surface area contributed by atoms with Gasteiger partial charge in [-0.1, -0.05) is 43.0 Å². The minimum Gasteiger partial charge on any atom is -0.466 e. The van der Waals surface area contributed by atoms with Crippen molar-refractivity contribution in [1.29, 1.82) is 0 Å². The molecule has 0 saturated heterocycles.